The number of rotatable bonds is 4. The lowest BCUT2D eigenvalue weighted by Crippen LogP contribution is -2.59. The summed E-state index contributed by atoms with van der Waals surface area (Å²) in [5.74, 6) is 0.0522. The molecule has 1 aromatic carbocycles. The van der Waals surface area contributed by atoms with E-state index in [2.05, 4.69) is 31.3 Å². The molecule has 1 aliphatic rings. The molecule has 1 fully saturated rings. The molecule has 4 nitrogen and oxygen atoms in total. The van der Waals surface area contributed by atoms with Gasteiger partial charge in [-0.1, -0.05) is 19.1 Å². The zero-order valence-electron chi connectivity index (χ0n) is 11.6. The Hall–Kier alpha value is -1.39. The minimum atomic E-state index is -0.278. The standard InChI is InChI=1S/C15H22N2O2/c1-3-12-4-6-13(7-5-12)17-10-11(2)16-14(8-9-18)15(17)19/h4-7,11,14,16,18H,3,8-10H2,1-2H3. The average molecular weight is 262 g/mol. The van der Waals surface area contributed by atoms with Gasteiger partial charge in [-0.3, -0.25) is 4.79 Å². The molecule has 1 heterocycles. The quantitative estimate of drug-likeness (QED) is 0.860. The molecule has 0 radical (unpaired) electrons. The zero-order chi connectivity index (χ0) is 13.8. The maximum atomic E-state index is 12.4. The van der Waals surface area contributed by atoms with Crippen molar-refractivity contribution in [2.45, 2.75) is 38.8 Å². The number of amides is 1. The molecule has 1 amide bonds. The molecule has 104 valence electrons. The third-order valence-electron chi connectivity index (χ3n) is 3.58. The molecule has 0 spiro atoms. The Morgan fingerprint density at radius 2 is 2.05 bits per heavy atom. The van der Waals surface area contributed by atoms with Gasteiger partial charge in [0.25, 0.3) is 0 Å². The van der Waals surface area contributed by atoms with Gasteiger partial charge in [-0.2, -0.15) is 0 Å². The van der Waals surface area contributed by atoms with Crippen molar-refractivity contribution in [3.05, 3.63) is 29.8 Å². The van der Waals surface area contributed by atoms with E-state index in [-0.39, 0.29) is 24.6 Å². The number of carbonyl (C=O) groups is 1. The summed E-state index contributed by atoms with van der Waals surface area (Å²) < 4.78 is 0. The molecular formula is C15H22N2O2. The van der Waals surface area contributed by atoms with Crippen molar-refractivity contribution < 1.29 is 9.90 Å². The van der Waals surface area contributed by atoms with Crippen LogP contribution in [0, 0.1) is 0 Å². The van der Waals surface area contributed by atoms with Crippen LogP contribution in [0.1, 0.15) is 25.8 Å². The molecule has 19 heavy (non-hydrogen) atoms. The van der Waals surface area contributed by atoms with E-state index in [1.54, 1.807) is 0 Å². The fourth-order valence-electron chi connectivity index (χ4n) is 2.50. The Labute approximate surface area is 114 Å². The van der Waals surface area contributed by atoms with E-state index in [1.165, 1.54) is 5.56 Å². The van der Waals surface area contributed by atoms with Crippen LogP contribution in [-0.2, 0) is 11.2 Å². The number of hydrogen-bond acceptors (Lipinski definition) is 3. The Kier molecular flexibility index (Phi) is 4.56. The fourth-order valence-corrected chi connectivity index (χ4v) is 2.50. The van der Waals surface area contributed by atoms with Crippen LogP contribution in [0.5, 0.6) is 0 Å². The predicted octanol–water partition coefficient (Wildman–Crippen LogP) is 1.32. The first-order valence-electron chi connectivity index (χ1n) is 6.93. The van der Waals surface area contributed by atoms with Crippen molar-refractivity contribution in [2.75, 3.05) is 18.1 Å². The maximum Gasteiger partial charge on any atom is 0.244 e. The molecule has 1 aromatic rings. The summed E-state index contributed by atoms with van der Waals surface area (Å²) in [6.07, 6.45) is 1.46. The topological polar surface area (TPSA) is 52.6 Å². The minimum absolute atomic E-state index is 0.0265. The van der Waals surface area contributed by atoms with E-state index in [0.29, 0.717) is 13.0 Å². The molecule has 1 aliphatic heterocycles. The van der Waals surface area contributed by atoms with Gasteiger partial charge in [0.1, 0.15) is 0 Å². The summed E-state index contributed by atoms with van der Waals surface area (Å²) in [5.41, 5.74) is 2.21. The highest BCUT2D eigenvalue weighted by Crippen LogP contribution is 2.20. The normalized spacial score (nSPS) is 23.7. The summed E-state index contributed by atoms with van der Waals surface area (Å²) in [5, 5.41) is 12.3. The molecule has 4 heteroatoms. The van der Waals surface area contributed by atoms with Gasteiger partial charge in [0.05, 0.1) is 6.04 Å². The molecule has 2 unspecified atom stereocenters. The summed E-state index contributed by atoms with van der Waals surface area (Å²) in [6.45, 7) is 4.87. The van der Waals surface area contributed by atoms with E-state index in [9.17, 15) is 4.79 Å². The molecule has 0 bridgehead atoms. The van der Waals surface area contributed by atoms with E-state index in [4.69, 9.17) is 5.11 Å². The number of benzene rings is 1. The van der Waals surface area contributed by atoms with Gasteiger partial charge >= 0.3 is 0 Å². The van der Waals surface area contributed by atoms with Gasteiger partial charge in [-0.05, 0) is 37.5 Å². The summed E-state index contributed by atoms with van der Waals surface area (Å²) >= 11 is 0. The van der Waals surface area contributed by atoms with E-state index in [1.807, 2.05) is 17.0 Å². The lowest BCUT2D eigenvalue weighted by molar-refractivity contribution is -0.122. The monoisotopic (exact) mass is 262 g/mol. The van der Waals surface area contributed by atoms with Crippen LogP contribution in [0.2, 0.25) is 0 Å². The predicted molar refractivity (Wildman–Crippen MR) is 76.3 cm³/mol. The average Bonchev–Trinajstić information content (AvgIpc) is 2.43. The number of carbonyl (C=O) groups excluding carboxylic acids is 1. The highest BCUT2D eigenvalue weighted by atomic mass is 16.3. The molecule has 1 saturated heterocycles. The third-order valence-corrected chi connectivity index (χ3v) is 3.58. The number of aliphatic hydroxyl groups is 1. The first-order chi connectivity index (χ1) is 9.15. The van der Waals surface area contributed by atoms with Crippen molar-refractivity contribution in [1.82, 2.24) is 5.32 Å². The second kappa shape index (κ2) is 6.17. The van der Waals surface area contributed by atoms with Gasteiger partial charge < -0.3 is 15.3 Å². The lowest BCUT2D eigenvalue weighted by Gasteiger charge is -2.37. The second-order valence-corrected chi connectivity index (χ2v) is 5.10. The van der Waals surface area contributed by atoms with Crippen molar-refractivity contribution in [3.8, 4) is 0 Å². The number of nitrogens with zero attached hydrogens (tertiary/aromatic N) is 1. The highest BCUT2D eigenvalue weighted by Gasteiger charge is 2.32. The zero-order valence-corrected chi connectivity index (χ0v) is 11.6. The van der Waals surface area contributed by atoms with Crippen LogP contribution in [-0.4, -0.2) is 36.2 Å². The van der Waals surface area contributed by atoms with E-state index in [0.717, 1.165) is 12.1 Å². The third kappa shape index (κ3) is 3.14. The van der Waals surface area contributed by atoms with Crippen LogP contribution in [0.25, 0.3) is 0 Å². The van der Waals surface area contributed by atoms with Crippen LogP contribution < -0.4 is 10.2 Å². The van der Waals surface area contributed by atoms with Gasteiger partial charge in [-0.25, -0.2) is 0 Å². The molecule has 0 saturated carbocycles. The number of anilines is 1. The molecule has 0 aliphatic carbocycles. The molecular weight excluding hydrogens is 240 g/mol. The van der Waals surface area contributed by atoms with Crippen molar-refractivity contribution in [3.63, 3.8) is 0 Å². The number of hydrogen-bond donors (Lipinski definition) is 2. The van der Waals surface area contributed by atoms with Crippen LogP contribution in [0.4, 0.5) is 5.69 Å². The first-order valence-corrected chi connectivity index (χ1v) is 6.93. The first kappa shape index (κ1) is 14.0. The smallest absolute Gasteiger partial charge is 0.244 e. The number of aliphatic hydroxyl groups excluding tert-OH is 1. The molecule has 0 aromatic heterocycles. The minimum Gasteiger partial charge on any atom is -0.396 e. The molecule has 2 atom stereocenters. The van der Waals surface area contributed by atoms with Gasteiger partial charge in [0, 0.05) is 24.9 Å². The van der Waals surface area contributed by atoms with Crippen molar-refractivity contribution in [2.24, 2.45) is 0 Å². The lowest BCUT2D eigenvalue weighted by atomic mass is 10.1. The SMILES string of the molecule is CCc1ccc(N2CC(C)NC(CCO)C2=O)cc1. The number of nitrogens with one attached hydrogen (secondary N) is 1. The van der Waals surface area contributed by atoms with Gasteiger partial charge in [0.15, 0.2) is 0 Å². The van der Waals surface area contributed by atoms with E-state index >= 15 is 0 Å². The number of piperazine rings is 1. The summed E-state index contributed by atoms with van der Waals surface area (Å²) in [7, 11) is 0. The Balaban J connectivity index is 2.18. The Morgan fingerprint density at radius 1 is 1.37 bits per heavy atom. The summed E-state index contributed by atoms with van der Waals surface area (Å²) in [4.78, 5) is 14.2. The van der Waals surface area contributed by atoms with Crippen LogP contribution in [0.3, 0.4) is 0 Å². The molecule has 2 rings (SSSR count). The van der Waals surface area contributed by atoms with Gasteiger partial charge in [0.2, 0.25) is 5.91 Å². The number of aryl methyl sites for hydroxylation is 1. The van der Waals surface area contributed by atoms with E-state index < -0.39 is 0 Å². The highest BCUT2D eigenvalue weighted by molar-refractivity contribution is 5.98. The largest absolute Gasteiger partial charge is 0.396 e. The molecule has 2 N–H and O–H groups in total. The van der Waals surface area contributed by atoms with Crippen LogP contribution in [0.15, 0.2) is 24.3 Å². The van der Waals surface area contributed by atoms with Crippen molar-refractivity contribution >= 4 is 11.6 Å². The Morgan fingerprint density at radius 3 is 2.63 bits per heavy atom. The Bertz CT molecular complexity index is 430. The van der Waals surface area contributed by atoms with Gasteiger partial charge in [-0.15, -0.1) is 0 Å². The maximum absolute atomic E-state index is 12.4. The fraction of sp³-hybridized carbons (Fsp3) is 0.533. The van der Waals surface area contributed by atoms with Crippen LogP contribution >= 0.6 is 0 Å². The van der Waals surface area contributed by atoms with Crippen molar-refractivity contribution in [1.29, 1.82) is 0 Å². The summed E-state index contributed by atoms with van der Waals surface area (Å²) in [6, 6.07) is 8.10. The second-order valence-electron chi connectivity index (χ2n) is 5.10.